The minimum Gasteiger partial charge on any atom is -0.388 e. The maximum Gasteiger partial charge on any atom is 0.123 e. The van der Waals surface area contributed by atoms with E-state index in [1.54, 1.807) is 16.8 Å². The maximum absolute atomic E-state index is 12.9. The quantitative estimate of drug-likeness (QED) is 0.826. The Balaban J connectivity index is 1.93. The van der Waals surface area contributed by atoms with Crippen LogP contribution in [0.25, 0.3) is 0 Å². The third kappa shape index (κ3) is 4.39. The number of benzene rings is 1. The number of nitrogens with zero attached hydrogens (tertiary/aromatic N) is 2. The topological polar surface area (TPSA) is 50.1 Å². The molecule has 0 aliphatic carbocycles. The second kappa shape index (κ2) is 7.51. The second-order valence-electron chi connectivity index (χ2n) is 5.78. The van der Waals surface area contributed by atoms with Crippen LogP contribution in [0.3, 0.4) is 0 Å². The van der Waals surface area contributed by atoms with Gasteiger partial charge in [-0.05, 0) is 37.5 Å². The lowest BCUT2D eigenvalue weighted by Crippen LogP contribution is -2.31. The molecule has 120 valence electrons. The van der Waals surface area contributed by atoms with Gasteiger partial charge in [-0.3, -0.25) is 4.68 Å². The van der Waals surface area contributed by atoms with E-state index in [-0.39, 0.29) is 17.9 Å². The number of aryl methyl sites for hydroxylation is 1. The van der Waals surface area contributed by atoms with Crippen LogP contribution in [-0.4, -0.2) is 20.9 Å². The zero-order valence-corrected chi connectivity index (χ0v) is 13.3. The molecule has 2 aromatic rings. The molecule has 0 aliphatic rings. The molecule has 0 saturated carbocycles. The number of halogens is 1. The third-order valence-electron chi connectivity index (χ3n) is 3.85. The number of hydrogen-bond donors (Lipinski definition) is 2. The molecule has 0 spiro atoms. The normalized spacial score (nSPS) is 15.5. The molecule has 0 radical (unpaired) electrons. The smallest absolute Gasteiger partial charge is 0.123 e. The standard InChI is InChI=1S/C17H24FN3O/c1-4-16(14-10-19-21(3)11-14)20-12(2)9-17(22)13-5-7-15(18)8-6-13/h5-8,10-12,16-17,20,22H,4,9H2,1-3H3. The van der Waals surface area contributed by atoms with Crippen LogP contribution in [0.2, 0.25) is 0 Å². The number of hydrogen-bond acceptors (Lipinski definition) is 3. The van der Waals surface area contributed by atoms with Gasteiger partial charge in [-0.25, -0.2) is 4.39 Å². The lowest BCUT2D eigenvalue weighted by atomic mass is 10.0. The zero-order chi connectivity index (χ0) is 16.1. The van der Waals surface area contributed by atoms with Crippen molar-refractivity contribution in [1.29, 1.82) is 0 Å². The van der Waals surface area contributed by atoms with E-state index in [0.29, 0.717) is 6.42 Å². The average Bonchev–Trinajstić information content (AvgIpc) is 2.91. The van der Waals surface area contributed by atoms with Crippen molar-refractivity contribution in [1.82, 2.24) is 15.1 Å². The van der Waals surface area contributed by atoms with Gasteiger partial charge in [0.15, 0.2) is 0 Å². The molecule has 1 heterocycles. The molecule has 2 rings (SSSR count). The first kappa shape index (κ1) is 16.6. The Morgan fingerprint density at radius 1 is 1.27 bits per heavy atom. The molecule has 22 heavy (non-hydrogen) atoms. The first-order chi connectivity index (χ1) is 10.5. The molecule has 0 aliphatic heterocycles. The summed E-state index contributed by atoms with van der Waals surface area (Å²) >= 11 is 0. The molecule has 5 heteroatoms. The Bertz CT molecular complexity index is 582. The molecule has 3 unspecified atom stereocenters. The van der Waals surface area contributed by atoms with Gasteiger partial charge >= 0.3 is 0 Å². The van der Waals surface area contributed by atoms with Crippen LogP contribution in [0.1, 0.15) is 50.0 Å². The van der Waals surface area contributed by atoms with Crippen molar-refractivity contribution < 1.29 is 9.50 Å². The first-order valence-electron chi connectivity index (χ1n) is 7.67. The highest BCUT2D eigenvalue weighted by Crippen LogP contribution is 2.22. The predicted octanol–water partition coefficient (Wildman–Crippen LogP) is 3.11. The van der Waals surface area contributed by atoms with Crippen LogP contribution in [0.4, 0.5) is 4.39 Å². The minimum atomic E-state index is -0.602. The van der Waals surface area contributed by atoms with Gasteiger partial charge in [0.05, 0.1) is 12.3 Å². The highest BCUT2D eigenvalue weighted by molar-refractivity contribution is 5.18. The van der Waals surface area contributed by atoms with Crippen molar-refractivity contribution in [2.45, 2.75) is 44.9 Å². The van der Waals surface area contributed by atoms with E-state index in [2.05, 4.69) is 17.3 Å². The molecule has 3 atom stereocenters. The van der Waals surface area contributed by atoms with Crippen molar-refractivity contribution in [2.24, 2.45) is 7.05 Å². The SMILES string of the molecule is CCC(NC(C)CC(O)c1ccc(F)cc1)c1cnn(C)c1. The molecule has 0 amide bonds. The van der Waals surface area contributed by atoms with Crippen LogP contribution in [-0.2, 0) is 7.05 Å². The molecule has 1 aromatic heterocycles. The number of aromatic nitrogens is 2. The van der Waals surface area contributed by atoms with E-state index in [1.807, 2.05) is 26.4 Å². The van der Waals surface area contributed by atoms with E-state index in [0.717, 1.165) is 17.5 Å². The summed E-state index contributed by atoms with van der Waals surface area (Å²) in [6.07, 6.45) is 4.79. The summed E-state index contributed by atoms with van der Waals surface area (Å²) in [6, 6.07) is 6.35. The summed E-state index contributed by atoms with van der Waals surface area (Å²) < 4.78 is 14.7. The van der Waals surface area contributed by atoms with E-state index < -0.39 is 6.10 Å². The van der Waals surface area contributed by atoms with Crippen molar-refractivity contribution in [3.05, 3.63) is 53.6 Å². The van der Waals surface area contributed by atoms with Crippen LogP contribution < -0.4 is 5.32 Å². The van der Waals surface area contributed by atoms with Crippen molar-refractivity contribution >= 4 is 0 Å². The molecule has 1 aromatic carbocycles. The number of aliphatic hydroxyl groups excluding tert-OH is 1. The first-order valence-corrected chi connectivity index (χ1v) is 7.67. The van der Waals surface area contributed by atoms with Gasteiger partial charge < -0.3 is 10.4 Å². The summed E-state index contributed by atoms with van der Waals surface area (Å²) in [5.41, 5.74) is 1.89. The van der Waals surface area contributed by atoms with Crippen LogP contribution in [0.5, 0.6) is 0 Å². The Morgan fingerprint density at radius 2 is 1.95 bits per heavy atom. The largest absolute Gasteiger partial charge is 0.388 e. The van der Waals surface area contributed by atoms with Crippen LogP contribution in [0, 0.1) is 5.82 Å². The predicted molar refractivity (Wildman–Crippen MR) is 84.8 cm³/mol. The number of nitrogens with one attached hydrogen (secondary N) is 1. The number of aliphatic hydroxyl groups is 1. The zero-order valence-electron chi connectivity index (χ0n) is 13.3. The fourth-order valence-corrected chi connectivity index (χ4v) is 2.64. The molecule has 4 nitrogen and oxygen atoms in total. The maximum atomic E-state index is 12.9. The molecular formula is C17H24FN3O. The Kier molecular flexibility index (Phi) is 5.69. The highest BCUT2D eigenvalue weighted by Gasteiger charge is 2.17. The molecule has 0 saturated heterocycles. The van der Waals surface area contributed by atoms with Gasteiger partial charge in [-0.15, -0.1) is 0 Å². The summed E-state index contributed by atoms with van der Waals surface area (Å²) in [7, 11) is 1.90. The Hall–Kier alpha value is -1.72. The third-order valence-corrected chi connectivity index (χ3v) is 3.85. The van der Waals surface area contributed by atoms with Gasteiger partial charge in [0.25, 0.3) is 0 Å². The van der Waals surface area contributed by atoms with Gasteiger partial charge in [-0.1, -0.05) is 19.1 Å². The van der Waals surface area contributed by atoms with E-state index in [9.17, 15) is 9.50 Å². The lowest BCUT2D eigenvalue weighted by molar-refractivity contribution is 0.151. The fourth-order valence-electron chi connectivity index (χ4n) is 2.64. The van der Waals surface area contributed by atoms with Crippen molar-refractivity contribution in [3.8, 4) is 0 Å². The Labute approximate surface area is 131 Å². The fraction of sp³-hybridized carbons (Fsp3) is 0.471. The molecular weight excluding hydrogens is 281 g/mol. The molecule has 0 fully saturated rings. The Morgan fingerprint density at radius 3 is 2.50 bits per heavy atom. The van der Waals surface area contributed by atoms with E-state index in [4.69, 9.17) is 0 Å². The van der Waals surface area contributed by atoms with E-state index >= 15 is 0 Å². The average molecular weight is 305 g/mol. The summed E-state index contributed by atoms with van der Waals surface area (Å²) in [6.45, 7) is 4.17. The van der Waals surface area contributed by atoms with Gasteiger partial charge in [0.2, 0.25) is 0 Å². The summed E-state index contributed by atoms with van der Waals surface area (Å²) in [4.78, 5) is 0. The number of rotatable bonds is 7. The van der Waals surface area contributed by atoms with Crippen LogP contribution in [0.15, 0.2) is 36.7 Å². The monoisotopic (exact) mass is 305 g/mol. The van der Waals surface area contributed by atoms with Gasteiger partial charge in [0.1, 0.15) is 5.82 Å². The second-order valence-corrected chi connectivity index (χ2v) is 5.78. The van der Waals surface area contributed by atoms with Gasteiger partial charge in [-0.2, -0.15) is 5.10 Å². The lowest BCUT2D eigenvalue weighted by Gasteiger charge is -2.23. The minimum absolute atomic E-state index is 0.130. The van der Waals surface area contributed by atoms with Gasteiger partial charge in [0, 0.05) is 30.9 Å². The highest BCUT2D eigenvalue weighted by atomic mass is 19.1. The van der Waals surface area contributed by atoms with Crippen LogP contribution >= 0.6 is 0 Å². The summed E-state index contributed by atoms with van der Waals surface area (Å²) in [5.74, 6) is -0.287. The molecule has 0 bridgehead atoms. The van der Waals surface area contributed by atoms with E-state index in [1.165, 1.54) is 12.1 Å². The van der Waals surface area contributed by atoms with Crippen molar-refractivity contribution in [3.63, 3.8) is 0 Å². The summed E-state index contributed by atoms with van der Waals surface area (Å²) in [5, 5.41) is 18.0. The van der Waals surface area contributed by atoms with Crippen molar-refractivity contribution in [2.75, 3.05) is 0 Å². The molecule has 2 N–H and O–H groups in total.